The second kappa shape index (κ2) is 13.0. The zero-order chi connectivity index (χ0) is 28.5. The van der Waals surface area contributed by atoms with Crippen molar-refractivity contribution in [3.8, 4) is 0 Å². The minimum Gasteiger partial charge on any atom is -0.369 e. The number of nitrogens with one attached hydrogen (secondary N) is 2. The maximum atomic E-state index is 16.1. The molecule has 2 N–H and O–H groups in total. The predicted octanol–water partition coefficient (Wildman–Crippen LogP) is 2.73. The first-order valence-electron chi connectivity index (χ1n) is 16.6. The van der Waals surface area contributed by atoms with Gasteiger partial charge < -0.3 is 30.1 Å². The van der Waals surface area contributed by atoms with Crippen LogP contribution in [0, 0.1) is 17.8 Å². The molecular formula is C32H52FN5O3. The van der Waals surface area contributed by atoms with E-state index in [1.807, 2.05) is 20.3 Å². The lowest BCUT2D eigenvalue weighted by molar-refractivity contribution is -0.220. The average molecular weight is 574 g/mol. The molecule has 0 aromatic heterocycles. The number of amides is 1. The van der Waals surface area contributed by atoms with E-state index in [-0.39, 0.29) is 48.0 Å². The SMILES string of the molecule is CN(C)CCCCNC(=O)C1=CN2C3CCC4CCCCC4C3OC3C(NCCN4CCCC4)C(F)CC(C1=O)C32. The number of ether oxygens (including phenoxy) is 1. The molecule has 0 spiro atoms. The summed E-state index contributed by atoms with van der Waals surface area (Å²) in [5, 5.41) is 6.57. The molecule has 3 heterocycles. The summed E-state index contributed by atoms with van der Waals surface area (Å²) < 4.78 is 23.1. The van der Waals surface area contributed by atoms with Gasteiger partial charge >= 0.3 is 0 Å². The number of halogens is 1. The van der Waals surface area contributed by atoms with Crippen LogP contribution in [-0.2, 0) is 14.3 Å². The number of carbonyl (C=O) groups excluding carboxylic acids is 2. The van der Waals surface area contributed by atoms with Gasteiger partial charge in [-0.2, -0.15) is 0 Å². The largest absolute Gasteiger partial charge is 0.369 e. The molecule has 0 bridgehead atoms. The number of carbonyl (C=O) groups is 2. The highest BCUT2D eigenvalue weighted by Gasteiger charge is 2.60. The Morgan fingerprint density at radius 2 is 1.85 bits per heavy atom. The van der Waals surface area contributed by atoms with Gasteiger partial charge in [0.15, 0.2) is 5.78 Å². The average Bonchev–Trinajstić information content (AvgIpc) is 3.49. The Balaban J connectivity index is 1.23. The van der Waals surface area contributed by atoms with Crippen LogP contribution < -0.4 is 10.6 Å². The second-order valence-electron chi connectivity index (χ2n) is 13.9. The fraction of sp³-hybridized carbons (Fsp3) is 0.875. The molecule has 0 radical (unpaired) electrons. The molecule has 2 saturated heterocycles. The number of ketones is 1. The zero-order valence-corrected chi connectivity index (χ0v) is 25.2. The van der Waals surface area contributed by atoms with Crippen LogP contribution in [0.15, 0.2) is 11.8 Å². The number of alkyl halides is 1. The molecule has 6 rings (SSSR count). The van der Waals surface area contributed by atoms with Crippen molar-refractivity contribution in [1.29, 1.82) is 0 Å². The van der Waals surface area contributed by atoms with Crippen LogP contribution in [-0.4, -0.2) is 116 Å². The Hall–Kier alpha value is -1.55. The van der Waals surface area contributed by atoms with E-state index in [0.29, 0.717) is 18.4 Å². The van der Waals surface area contributed by atoms with Crippen molar-refractivity contribution in [3.05, 3.63) is 11.8 Å². The molecule has 6 aliphatic rings. The van der Waals surface area contributed by atoms with Crippen LogP contribution in [0.1, 0.15) is 70.6 Å². The summed E-state index contributed by atoms with van der Waals surface area (Å²) in [6.07, 6.45) is 11.9. The van der Waals surface area contributed by atoms with Crippen molar-refractivity contribution < 1.29 is 18.7 Å². The highest BCUT2D eigenvalue weighted by atomic mass is 19.1. The van der Waals surface area contributed by atoms with Crippen LogP contribution in [0.5, 0.6) is 0 Å². The summed E-state index contributed by atoms with van der Waals surface area (Å²) >= 11 is 0. The van der Waals surface area contributed by atoms with Crippen LogP contribution in [0.25, 0.3) is 0 Å². The lowest BCUT2D eigenvalue weighted by atomic mass is 9.64. The third-order valence-electron chi connectivity index (χ3n) is 11.1. The van der Waals surface area contributed by atoms with E-state index < -0.39 is 18.1 Å². The van der Waals surface area contributed by atoms with Gasteiger partial charge in [-0.1, -0.05) is 19.3 Å². The molecule has 230 valence electrons. The van der Waals surface area contributed by atoms with E-state index in [0.717, 1.165) is 58.4 Å². The molecular weight excluding hydrogens is 521 g/mol. The molecule has 0 aromatic rings. The molecule has 5 fully saturated rings. The summed E-state index contributed by atoms with van der Waals surface area (Å²) in [6.45, 7) is 5.40. The van der Waals surface area contributed by atoms with E-state index in [4.69, 9.17) is 4.74 Å². The quantitative estimate of drug-likeness (QED) is 0.308. The normalized spacial score (nSPS) is 38.7. The van der Waals surface area contributed by atoms with E-state index in [9.17, 15) is 9.59 Å². The number of rotatable bonds is 10. The van der Waals surface area contributed by atoms with E-state index in [1.54, 1.807) is 0 Å². The molecule has 41 heavy (non-hydrogen) atoms. The second-order valence-corrected chi connectivity index (χ2v) is 13.9. The maximum absolute atomic E-state index is 16.1. The highest BCUT2D eigenvalue weighted by Crippen LogP contribution is 2.50. The molecule has 0 aromatic carbocycles. The van der Waals surface area contributed by atoms with Gasteiger partial charge in [0.1, 0.15) is 6.17 Å². The Kier molecular flexibility index (Phi) is 9.35. The predicted molar refractivity (Wildman–Crippen MR) is 157 cm³/mol. The number of unbranched alkanes of at least 4 members (excludes halogenated alkanes) is 1. The molecule has 3 aliphatic heterocycles. The number of likely N-dealkylation sites (tertiary alicyclic amines) is 1. The maximum Gasteiger partial charge on any atom is 0.256 e. The van der Waals surface area contributed by atoms with E-state index >= 15 is 4.39 Å². The van der Waals surface area contributed by atoms with Crippen LogP contribution >= 0.6 is 0 Å². The fourth-order valence-corrected chi connectivity index (χ4v) is 9.01. The lowest BCUT2D eigenvalue weighted by Crippen LogP contribution is -2.74. The fourth-order valence-electron chi connectivity index (χ4n) is 9.01. The highest BCUT2D eigenvalue weighted by molar-refractivity contribution is 6.20. The Labute approximate surface area is 245 Å². The third-order valence-corrected chi connectivity index (χ3v) is 11.1. The van der Waals surface area contributed by atoms with Gasteiger partial charge in [-0.05, 0) is 96.9 Å². The van der Waals surface area contributed by atoms with Gasteiger partial charge in [-0.15, -0.1) is 0 Å². The molecule has 8 nitrogen and oxygen atoms in total. The van der Waals surface area contributed by atoms with Gasteiger partial charge in [0.2, 0.25) is 0 Å². The molecule has 9 heteroatoms. The van der Waals surface area contributed by atoms with E-state index in [2.05, 4.69) is 25.3 Å². The van der Waals surface area contributed by atoms with Crippen molar-refractivity contribution in [3.63, 3.8) is 0 Å². The van der Waals surface area contributed by atoms with Crippen molar-refractivity contribution in [2.45, 2.75) is 107 Å². The summed E-state index contributed by atoms with van der Waals surface area (Å²) in [5.74, 6) is 0.103. The standard InChI is InChI=1S/C32H52FN5O3/c1-36(2)15-6-5-13-35-32(40)24-20-38-26-12-11-21-9-3-4-10-22(21)30(26)41-31-27(34-14-18-37-16-7-8-17-37)25(33)19-23(28(31)38)29(24)39/h20-23,25-28,30-31,34H,3-19H2,1-2H3,(H,35,40). The number of Topliss-reactive ketones (excluding diaryl/α,β-unsaturated/α-hetero) is 1. The summed E-state index contributed by atoms with van der Waals surface area (Å²) in [5.41, 5.74) is 0.219. The molecule has 9 unspecified atom stereocenters. The minimum atomic E-state index is -1.18. The Morgan fingerprint density at radius 1 is 1.05 bits per heavy atom. The summed E-state index contributed by atoms with van der Waals surface area (Å²) in [6, 6.07) is -0.494. The first-order chi connectivity index (χ1) is 19.9. The van der Waals surface area contributed by atoms with Crippen molar-refractivity contribution in [2.24, 2.45) is 17.8 Å². The van der Waals surface area contributed by atoms with Crippen molar-refractivity contribution >= 4 is 11.7 Å². The minimum absolute atomic E-state index is 0.0314. The lowest BCUT2D eigenvalue weighted by Gasteiger charge is -2.61. The molecule has 1 amide bonds. The monoisotopic (exact) mass is 573 g/mol. The number of hydrogen-bond acceptors (Lipinski definition) is 7. The van der Waals surface area contributed by atoms with Gasteiger partial charge in [-0.3, -0.25) is 9.59 Å². The summed E-state index contributed by atoms with van der Waals surface area (Å²) in [4.78, 5) is 34.1. The number of morpholine rings is 1. The van der Waals surface area contributed by atoms with Gasteiger partial charge in [0.05, 0.1) is 35.9 Å². The number of nitrogens with zero attached hydrogens (tertiary/aromatic N) is 3. The van der Waals surface area contributed by atoms with Crippen molar-refractivity contribution in [1.82, 2.24) is 25.3 Å². The van der Waals surface area contributed by atoms with Crippen molar-refractivity contribution in [2.75, 3.05) is 53.4 Å². The Morgan fingerprint density at radius 3 is 2.66 bits per heavy atom. The summed E-state index contributed by atoms with van der Waals surface area (Å²) in [7, 11) is 4.08. The van der Waals surface area contributed by atoms with Crippen LogP contribution in [0.2, 0.25) is 0 Å². The van der Waals surface area contributed by atoms with Crippen LogP contribution in [0.4, 0.5) is 4.39 Å². The van der Waals surface area contributed by atoms with Gasteiger partial charge in [-0.25, -0.2) is 4.39 Å². The first kappa shape index (κ1) is 29.5. The van der Waals surface area contributed by atoms with Gasteiger partial charge in [0, 0.05) is 31.8 Å². The number of fused-ring (bicyclic) bond motifs is 4. The first-order valence-corrected chi connectivity index (χ1v) is 16.6. The topological polar surface area (TPSA) is 77.2 Å². The van der Waals surface area contributed by atoms with Crippen LogP contribution in [0.3, 0.4) is 0 Å². The van der Waals surface area contributed by atoms with Gasteiger partial charge in [0.25, 0.3) is 5.91 Å². The number of hydrogen-bond donors (Lipinski definition) is 2. The molecule has 9 atom stereocenters. The zero-order valence-electron chi connectivity index (χ0n) is 25.2. The smallest absolute Gasteiger partial charge is 0.256 e. The third kappa shape index (κ3) is 6.11. The van der Waals surface area contributed by atoms with E-state index in [1.165, 1.54) is 38.5 Å². The Bertz CT molecular complexity index is 971. The molecule has 3 aliphatic carbocycles. The molecule has 3 saturated carbocycles.